The van der Waals surface area contributed by atoms with Crippen LogP contribution in [0.4, 0.5) is 0 Å². The number of morpholine rings is 1. The predicted molar refractivity (Wildman–Crippen MR) is 121 cm³/mol. The highest BCUT2D eigenvalue weighted by Crippen LogP contribution is 2.30. The molecule has 7 nitrogen and oxygen atoms in total. The summed E-state index contributed by atoms with van der Waals surface area (Å²) in [5.74, 6) is -0.423. The van der Waals surface area contributed by atoms with Crippen LogP contribution in [0.15, 0.2) is 73.2 Å². The van der Waals surface area contributed by atoms with Crippen molar-refractivity contribution in [3.63, 3.8) is 0 Å². The third-order valence-corrected chi connectivity index (χ3v) is 5.59. The zero-order chi connectivity index (χ0) is 22.4. The van der Waals surface area contributed by atoms with E-state index in [1.807, 2.05) is 43.3 Å². The molecular weight excluding hydrogens is 404 g/mol. The van der Waals surface area contributed by atoms with Gasteiger partial charge in [-0.1, -0.05) is 30.3 Å². The Kier molecular flexibility index (Phi) is 6.56. The topological polar surface area (TPSA) is 84.4 Å². The molecule has 1 aliphatic rings. The molecule has 0 aliphatic carbocycles. The SMILES string of the molecule is CCNC(=O)[C@@]1(Cc2ccccc2-c2ccncc2)CN(C(=O)c2ccccn2)CCO1. The van der Waals surface area contributed by atoms with Crippen molar-refractivity contribution in [1.82, 2.24) is 20.2 Å². The van der Waals surface area contributed by atoms with Gasteiger partial charge in [-0.3, -0.25) is 19.6 Å². The maximum atomic E-state index is 13.3. The molecule has 0 spiro atoms. The van der Waals surface area contributed by atoms with Gasteiger partial charge in [0.15, 0.2) is 5.60 Å². The molecule has 0 unspecified atom stereocenters. The molecule has 3 aromatic rings. The van der Waals surface area contributed by atoms with Crippen molar-refractivity contribution in [2.45, 2.75) is 18.9 Å². The van der Waals surface area contributed by atoms with Gasteiger partial charge in [0, 0.05) is 38.1 Å². The first kappa shape index (κ1) is 21.6. The highest BCUT2D eigenvalue weighted by atomic mass is 16.5. The zero-order valence-electron chi connectivity index (χ0n) is 18.0. The number of rotatable bonds is 6. The number of amides is 2. The summed E-state index contributed by atoms with van der Waals surface area (Å²) in [6.07, 6.45) is 5.42. The van der Waals surface area contributed by atoms with Crippen molar-refractivity contribution in [1.29, 1.82) is 0 Å². The Balaban J connectivity index is 1.68. The lowest BCUT2D eigenvalue weighted by Gasteiger charge is -2.41. The Morgan fingerprint density at radius 3 is 2.59 bits per heavy atom. The molecule has 1 fully saturated rings. The molecule has 2 aromatic heterocycles. The van der Waals surface area contributed by atoms with Gasteiger partial charge in [0.25, 0.3) is 11.8 Å². The number of hydrogen-bond donors (Lipinski definition) is 1. The molecule has 7 heteroatoms. The number of pyridine rings is 2. The maximum absolute atomic E-state index is 13.3. The molecule has 0 saturated carbocycles. The molecule has 1 aliphatic heterocycles. The van der Waals surface area contributed by atoms with Gasteiger partial charge < -0.3 is 15.0 Å². The molecule has 3 heterocycles. The third kappa shape index (κ3) is 4.53. The summed E-state index contributed by atoms with van der Waals surface area (Å²) in [7, 11) is 0. The van der Waals surface area contributed by atoms with Crippen LogP contribution in [0.25, 0.3) is 11.1 Å². The van der Waals surface area contributed by atoms with Crippen molar-refractivity contribution in [3.05, 3.63) is 84.4 Å². The highest BCUT2D eigenvalue weighted by molar-refractivity contribution is 5.94. The zero-order valence-corrected chi connectivity index (χ0v) is 18.0. The minimum atomic E-state index is -1.19. The molecule has 1 atom stereocenters. The van der Waals surface area contributed by atoms with Crippen LogP contribution in [0.1, 0.15) is 23.0 Å². The summed E-state index contributed by atoms with van der Waals surface area (Å²) in [6.45, 7) is 3.18. The van der Waals surface area contributed by atoms with Crippen LogP contribution >= 0.6 is 0 Å². The van der Waals surface area contributed by atoms with E-state index in [0.29, 0.717) is 25.2 Å². The van der Waals surface area contributed by atoms with Crippen molar-refractivity contribution >= 4 is 11.8 Å². The summed E-state index contributed by atoms with van der Waals surface area (Å²) < 4.78 is 6.15. The standard InChI is InChI=1S/C25H26N4O3/c1-2-27-24(31)25(17-20-7-3-4-8-21(20)19-10-13-26-14-11-19)18-29(15-16-32-25)23(30)22-9-5-6-12-28-22/h3-14H,2,15-18H2,1H3,(H,27,31)/t25-/m1/s1. The molecule has 0 bridgehead atoms. The first-order valence-electron chi connectivity index (χ1n) is 10.7. The Morgan fingerprint density at radius 2 is 1.84 bits per heavy atom. The number of likely N-dealkylation sites (N-methyl/N-ethyl adjacent to an activating group) is 1. The van der Waals surface area contributed by atoms with E-state index in [4.69, 9.17) is 4.74 Å². The monoisotopic (exact) mass is 430 g/mol. The molecule has 1 N–H and O–H groups in total. The van der Waals surface area contributed by atoms with Gasteiger partial charge in [-0.2, -0.15) is 0 Å². The molecule has 1 aromatic carbocycles. The second kappa shape index (κ2) is 9.70. The second-order valence-corrected chi connectivity index (χ2v) is 7.71. The van der Waals surface area contributed by atoms with Crippen LogP contribution in [0.5, 0.6) is 0 Å². The lowest BCUT2D eigenvalue weighted by atomic mass is 9.87. The van der Waals surface area contributed by atoms with Gasteiger partial charge in [0.05, 0.1) is 13.2 Å². The van der Waals surface area contributed by atoms with Gasteiger partial charge in [0.1, 0.15) is 5.69 Å². The molecule has 164 valence electrons. The third-order valence-electron chi connectivity index (χ3n) is 5.59. The van der Waals surface area contributed by atoms with Crippen molar-refractivity contribution in [2.24, 2.45) is 0 Å². The van der Waals surface area contributed by atoms with E-state index in [1.54, 1.807) is 41.7 Å². The van der Waals surface area contributed by atoms with Crippen molar-refractivity contribution in [2.75, 3.05) is 26.2 Å². The minimum Gasteiger partial charge on any atom is -0.361 e. The summed E-state index contributed by atoms with van der Waals surface area (Å²) in [4.78, 5) is 36.3. The molecule has 32 heavy (non-hydrogen) atoms. The highest BCUT2D eigenvalue weighted by Gasteiger charge is 2.45. The summed E-state index contributed by atoms with van der Waals surface area (Å²) >= 11 is 0. The largest absolute Gasteiger partial charge is 0.361 e. The summed E-state index contributed by atoms with van der Waals surface area (Å²) in [5, 5.41) is 2.91. The Bertz CT molecular complexity index is 1070. The van der Waals surface area contributed by atoms with Crippen LogP contribution < -0.4 is 5.32 Å². The average molecular weight is 431 g/mol. The first-order valence-corrected chi connectivity index (χ1v) is 10.7. The van der Waals surface area contributed by atoms with Crippen molar-refractivity contribution in [3.8, 4) is 11.1 Å². The number of hydrogen-bond acceptors (Lipinski definition) is 5. The molecular formula is C25H26N4O3. The molecule has 2 amide bonds. The van der Waals surface area contributed by atoms with Crippen LogP contribution in [0.2, 0.25) is 0 Å². The lowest BCUT2D eigenvalue weighted by molar-refractivity contribution is -0.157. The van der Waals surface area contributed by atoms with E-state index in [9.17, 15) is 9.59 Å². The number of aromatic nitrogens is 2. The second-order valence-electron chi connectivity index (χ2n) is 7.71. The number of nitrogens with zero attached hydrogens (tertiary/aromatic N) is 3. The van der Waals surface area contributed by atoms with Crippen LogP contribution in [-0.4, -0.2) is 58.5 Å². The van der Waals surface area contributed by atoms with E-state index in [1.165, 1.54) is 0 Å². The number of ether oxygens (including phenoxy) is 1. The van der Waals surface area contributed by atoms with Crippen molar-refractivity contribution < 1.29 is 14.3 Å². The lowest BCUT2D eigenvalue weighted by Crippen LogP contribution is -2.62. The Labute approximate surface area is 187 Å². The average Bonchev–Trinajstić information content (AvgIpc) is 2.85. The predicted octanol–water partition coefficient (Wildman–Crippen LogP) is 2.73. The Hall–Kier alpha value is -3.58. The number of benzene rings is 1. The van der Waals surface area contributed by atoms with Crippen LogP contribution in [-0.2, 0) is 16.0 Å². The summed E-state index contributed by atoms with van der Waals surface area (Å²) in [5.41, 5.74) is 2.16. The quantitative estimate of drug-likeness (QED) is 0.650. The van der Waals surface area contributed by atoms with Crippen LogP contribution in [0.3, 0.4) is 0 Å². The van der Waals surface area contributed by atoms with Gasteiger partial charge >= 0.3 is 0 Å². The van der Waals surface area contributed by atoms with E-state index in [0.717, 1.165) is 16.7 Å². The maximum Gasteiger partial charge on any atom is 0.272 e. The van der Waals surface area contributed by atoms with E-state index in [-0.39, 0.29) is 25.0 Å². The fourth-order valence-electron chi connectivity index (χ4n) is 4.05. The fourth-order valence-corrected chi connectivity index (χ4v) is 4.05. The van der Waals surface area contributed by atoms with Gasteiger partial charge in [-0.15, -0.1) is 0 Å². The number of carbonyl (C=O) groups is 2. The van der Waals surface area contributed by atoms with Gasteiger partial charge in [0.2, 0.25) is 0 Å². The summed E-state index contributed by atoms with van der Waals surface area (Å²) in [6, 6.07) is 17.1. The number of carbonyl (C=O) groups excluding carboxylic acids is 2. The molecule has 1 saturated heterocycles. The normalized spacial score (nSPS) is 18.2. The number of nitrogens with one attached hydrogen (secondary N) is 1. The van der Waals surface area contributed by atoms with E-state index >= 15 is 0 Å². The first-order chi connectivity index (χ1) is 15.6. The minimum absolute atomic E-state index is 0.152. The van der Waals surface area contributed by atoms with E-state index < -0.39 is 5.60 Å². The Morgan fingerprint density at radius 1 is 1.06 bits per heavy atom. The molecule has 4 rings (SSSR count). The smallest absolute Gasteiger partial charge is 0.272 e. The fraction of sp³-hybridized carbons (Fsp3) is 0.280. The van der Waals surface area contributed by atoms with E-state index in [2.05, 4.69) is 15.3 Å². The molecule has 0 radical (unpaired) electrons. The van der Waals surface area contributed by atoms with Gasteiger partial charge in [-0.05, 0) is 47.9 Å². The van der Waals surface area contributed by atoms with Gasteiger partial charge in [-0.25, -0.2) is 0 Å². The van der Waals surface area contributed by atoms with Crippen LogP contribution in [0, 0.1) is 0 Å².